The molecule has 2 heterocycles. The van der Waals surface area contributed by atoms with Crippen molar-refractivity contribution in [2.75, 3.05) is 0 Å². The van der Waals surface area contributed by atoms with Crippen LogP contribution in [-0.2, 0) is 4.79 Å². The molecule has 0 unspecified atom stereocenters. The number of carbonyl (C=O) groups is 1. The van der Waals surface area contributed by atoms with E-state index in [0.717, 1.165) is 33.8 Å². The number of benzene rings is 3. The van der Waals surface area contributed by atoms with Gasteiger partial charge < -0.3 is 10.1 Å². The molecule has 3 aromatic rings. The molecule has 31 heavy (non-hydrogen) atoms. The van der Waals surface area contributed by atoms with Gasteiger partial charge in [-0.2, -0.15) is 0 Å². The zero-order valence-electron chi connectivity index (χ0n) is 16.8. The van der Waals surface area contributed by atoms with E-state index in [1.807, 2.05) is 54.6 Å². The van der Waals surface area contributed by atoms with E-state index in [1.165, 1.54) is 17.3 Å². The maximum Gasteiger partial charge on any atom is 0.263 e. The van der Waals surface area contributed by atoms with Gasteiger partial charge in [0.2, 0.25) is 0 Å². The SMILES string of the molecule is Cc1ccc([C@H]2C(/C=C3/SC(=S)NC3=O)=C(c3ccccc3)Oc3ccccc32)cc1. The first-order valence-electron chi connectivity index (χ1n) is 9.98. The topological polar surface area (TPSA) is 38.3 Å². The van der Waals surface area contributed by atoms with Gasteiger partial charge in [0.25, 0.3) is 5.91 Å². The molecule has 5 heteroatoms. The average Bonchev–Trinajstić information content (AvgIpc) is 3.11. The van der Waals surface area contributed by atoms with Crippen LogP contribution in [0.4, 0.5) is 0 Å². The van der Waals surface area contributed by atoms with Crippen LogP contribution in [0, 0.1) is 6.92 Å². The Hall–Kier alpha value is -3.15. The molecule has 1 fully saturated rings. The minimum absolute atomic E-state index is 0.0733. The number of hydrogen-bond acceptors (Lipinski definition) is 4. The van der Waals surface area contributed by atoms with Crippen LogP contribution in [0.3, 0.4) is 0 Å². The van der Waals surface area contributed by atoms with E-state index in [0.29, 0.717) is 9.23 Å². The molecule has 0 spiro atoms. The molecule has 1 N–H and O–H groups in total. The molecule has 3 aromatic carbocycles. The van der Waals surface area contributed by atoms with E-state index in [4.69, 9.17) is 17.0 Å². The summed E-state index contributed by atoms with van der Waals surface area (Å²) in [6, 6.07) is 26.6. The number of amides is 1. The fraction of sp³-hybridized carbons (Fsp3) is 0.0769. The normalized spacial score (nSPS) is 19.3. The third kappa shape index (κ3) is 3.82. The number of fused-ring (bicyclic) bond motifs is 1. The summed E-state index contributed by atoms with van der Waals surface area (Å²) in [5, 5.41) is 2.72. The van der Waals surface area contributed by atoms with Crippen LogP contribution in [0.1, 0.15) is 28.2 Å². The van der Waals surface area contributed by atoms with Crippen molar-refractivity contribution in [3.8, 4) is 5.75 Å². The van der Waals surface area contributed by atoms with Crippen LogP contribution in [0.2, 0.25) is 0 Å². The lowest BCUT2D eigenvalue weighted by atomic mass is 9.81. The Balaban J connectivity index is 1.78. The number of thiocarbonyl (C=S) groups is 1. The van der Waals surface area contributed by atoms with Crippen LogP contribution < -0.4 is 10.1 Å². The minimum atomic E-state index is -0.170. The molecule has 2 aliphatic heterocycles. The Morgan fingerprint density at radius 3 is 2.39 bits per heavy atom. The first-order chi connectivity index (χ1) is 15.1. The van der Waals surface area contributed by atoms with Gasteiger partial charge in [-0.05, 0) is 24.6 Å². The number of hydrogen-bond donors (Lipinski definition) is 1. The van der Waals surface area contributed by atoms with Gasteiger partial charge in [0.15, 0.2) is 0 Å². The van der Waals surface area contributed by atoms with Crippen molar-refractivity contribution in [1.29, 1.82) is 0 Å². The maximum absolute atomic E-state index is 12.5. The first-order valence-corrected chi connectivity index (χ1v) is 11.2. The number of ether oxygens (including phenoxy) is 1. The van der Waals surface area contributed by atoms with Gasteiger partial charge in [0.05, 0.1) is 4.91 Å². The zero-order chi connectivity index (χ0) is 21.4. The molecular formula is C26H19NO2S2. The van der Waals surface area contributed by atoms with Crippen molar-refractivity contribution in [2.24, 2.45) is 0 Å². The van der Waals surface area contributed by atoms with E-state index in [1.54, 1.807) is 0 Å². The van der Waals surface area contributed by atoms with Gasteiger partial charge in [-0.3, -0.25) is 4.79 Å². The van der Waals surface area contributed by atoms with Gasteiger partial charge in [0, 0.05) is 22.6 Å². The zero-order valence-corrected chi connectivity index (χ0v) is 18.4. The Bertz CT molecular complexity index is 1240. The molecular weight excluding hydrogens is 422 g/mol. The molecule has 2 aliphatic rings. The number of thioether (sulfide) groups is 1. The number of allylic oxidation sites excluding steroid dienone is 2. The highest BCUT2D eigenvalue weighted by atomic mass is 32.2. The third-order valence-electron chi connectivity index (χ3n) is 5.39. The molecule has 0 radical (unpaired) electrons. The fourth-order valence-corrected chi connectivity index (χ4v) is 4.96. The highest BCUT2D eigenvalue weighted by molar-refractivity contribution is 8.26. The molecule has 0 aliphatic carbocycles. The quantitative estimate of drug-likeness (QED) is 0.402. The lowest BCUT2D eigenvalue weighted by molar-refractivity contribution is -0.115. The van der Waals surface area contributed by atoms with Crippen LogP contribution in [0.25, 0.3) is 5.76 Å². The van der Waals surface area contributed by atoms with Gasteiger partial charge in [-0.1, -0.05) is 102 Å². The number of rotatable bonds is 3. The smallest absolute Gasteiger partial charge is 0.263 e. The third-order valence-corrected chi connectivity index (χ3v) is 6.55. The summed E-state index contributed by atoms with van der Waals surface area (Å²) in [4.78, 5) is 13.1. The summed E-state index contributed by atoms with van der Waals surface area (Å²) in [5.41, 5.74) is 5.33. The van der Waals surface area contributed by atoms with Crippen molar-refractivity contribution in [1.82, 2.24) is 5.32 Å². The standard InChI is InChI=1S/C26H19NO2S2/c1-16-11-13-17(14-12-16)23-19-9-5-6-10-21(19)29-24(18-7-3-2-4-8-18)20(23)15-22-25(28)27-26(30)31-22/h2-15,23H,1H3,(H,27,28,30)/b22-15+/t23-/m1/s1. The first kappa shape index (κ1) is 19.8. The number of aryl methyl sites for hydroxylation is 1. The van der Waals surface area contributed by atoms with E-state index in [2.05, 4.69) is 42.6 Å². The highest BCUT2D eigenvalue weighted by Gasteiger charge is 2.32. The molecule has 0 bridgehead atoms. The summed E-state index contributed by atoms with van der Waals surface area (Å²) in [5.74, 6) is 1.34. The predicted molar refractivity (Wildman–Crippen MR) is 130 cm³/mol. The molecule has 1 atom stereocenters. The number of carbonyl (C=O) groups excluding carboxylic acids is 1. The fourth-order valence-electron chi connectivity index (χ4n) is 3.92. The van der Waals surface area contributed by atoms with Crippen LogP contribution in [-0.4, -0.2) is 10.2 Å². The Morgan fingerprint density at radius 1 is 0.968 bits per heavy atom. The van der Waals surface area contributed by atoms with Gasteiger partial charge >= 0.3 is 0 Å². The largest absolute Gasteiger partial charge is 0.456 e. The molecule has 1 saturated heterocycles. The van der Waals surface area contributed by atoms with Gasteiger partial charge in [-0.15, -0.1) is 0 Å². The average molecular weight is 442 g/mol. The molecule has 1 amide bonds. The summed E-state index contributed by atoms with van der Waals surface area (Å²) in [6.45, 7) is 2.08. The van der Waals surface area contributed by atoms with E-state index >= 15 is 0 Å². The van der Waals surface area contributed by atoms with Crippen molar-refractivity contribution in [2.45, 2.75) is 12.8 Å². The Labute approximate surface area is 190 Å². The number of nitrogens with one attached hydrogen (secondary N) is 1. The summed E-state index contributed by atoms with van der Waals surface area (Å²) >= 11 is 6.49. The van der Waals surface area contributed by atoms with Crippen molar-refractivity contribution in [3.05, 3.63) is 118 Å². The summed E-state index contributed by atoms with van der Waals surface area (Å²) in [6.07, 6.45) is 1.93. The second-order valence-corrected chi connectivity index (χ2v) is 9.21. The molecule has 0 saturated carbocycles. The van der Waals surface area contributed by atoms with E-state index < -0.39 is 0 Å². The van der Waals surface area contributed by atoms with E-state index in [9.17, 15) is 4.79 Å². The van der Waals surface area contributed by atoms with Crippen molar-refractivity contribution in [3.63, 3.8) is 0 Å². The van der Waals surface area contributed by atoms with Crippen molar-refractivity contribution < 1.29 is 9.53 Å². The Morgan fingerprint density at radius 2 is 1.68 bits per heavy atom. The molecule has 0 aromatic heterocycles. The Kier molecular flexibility index (Phi) is 5.22. The second-order valence-electron chi connectivity index (χ2n) is 7.49. The lowest BCUT2D eigenvalue weighted by Gasteiger charge is -2.30. The van der Waals surface area contributed by atoms with Crippen LogP contribution in [0.5, 0.6) is 5.75 Å². The molecule has 3 nitrogen and oxygen atoms in total. The molecule has 5 rings (SSSR count). The predicted octanol–water partition coefficient (Wildman–Crippen LogP) is 5.96. The monoisotopic (exact) mass is 441 g/mol. The minimum Gasteiger partial charge on any atom is -0.456 e. The maximum atomic E-state index is 12.5. The summed E-state index contributed by atoms with van der Waals surface area (Å²) in [7, 11) is 0. The highest BCUT2D eigenvalue weighted by Crippen LogP contribution is 2.47. The van der Waals surface area contributed by atoms with Gasteiger partial charge in [-0.25, -0.2) is 0 Å². The van der Waals surface area contributed by atoms with Gasteiger partial charge in [0.1, 0.15) is 15.8 Å². The van der Waals surface area contributed by atoms with Crippen molar-refractivity contribution >= 4 is 40.0 Å². The lowest BCUT2D eigenvalue weighted by Crippen LogP contribution is -2.19. The van der Waals surface area contributed by atoms with E-state index in [-0.39, 0.29) is 11.8 Å². The number of para-hydroxylation sites is 1. The second kappa shape index (κ2) is 8.17. The summed E-state index contributed by atoms with van der Waals surface area (Å²) < 4.78 is 6.91. The van der Waals surface area contributed by atoms with Crippen LogP contribution in [0.15, 0.2) is 95.4 Å². The van der Waals surface area contributed by atoms with Crippen LogP contribution >= 0.6 is 24.0 Å². The molecule has 152 valence electrons.